The van der Waals surface area contributed by atoms with Crippen molar-refractivity contribution in [1.82, 2.24) is 14.5 Å². The number of hydrogen-bond donors (Lipinski definition) is 0. The second kappa shape index (κ2) is 11.7. The Kier molecular flexibility index (Phi) is 6.73. The molecule has 0 fully saturated rings. The summed E-state index contributed by atoms with van der Waals surface area (Å²) < 4.78 is 2.48. The van der Waals surface area contributed by atoms with Gasteiger partial charge < -0.3 is 9.47 Å². The van der Waals surface area contributed by atoms with E-state index in [2.05, 4.69) is 173 Å². The Bertz CT molecular complexity index is 2430. The van der Waals surface area contributed by atoms with Gasteiger partial charge in [0.1, 0.15) is 5.82 Å². The molecule has 0 bridgehead atoms. The number of benzene rings is 4. The topological polar surface area (TPSA) is 34.0 Å². The molecule has 0 spiro atoms. The van der Waals surface area contributed by atoms with Crippen LogP contribution in [0.1, 0.15) is 29.2 Å². The average Bonchev–Trinajstić information content (AvgIpc) is 3.72. The highest BCUT2D eigenvalue weighted by Gasteiger charge is 2.40. The summed E-state index contributed by atoms with van der Waals surface area (Å²) in [5, 5.41) is 1.30. The summed E-state index contributed by atoms with van der Waals surface area (Å²) in [6.07, 6.45) is 15.8. The Labute approximate surface area is 292 Å². The molecular formula is C46H34N4. The van der Waals surface area contributed by atoms with Crippen LogP contribution in [0, 0.1) is 0 Å². The van der Waals surface area contributed by atoms with Gasteiger partial charge >= 0.3 is 0 Å². The highest BCUT2D eigenvalue weighted by Crippen LogP contribution is 2.53. The zero-order chi connectivity index (χ0) is 33.0. The van der Waals surface area contributed by atoms with Crippen molar-refractivity contribution in [1.29, 1.82) is 0 Å². The first-order valence-electron chi connectivity index (χ1n) is 17.5. The fourth-order valence-electron chi connectivity index (χ4n) is 8.17. The molecule has 7 aromatic rings. The summed E-state index contributed by atoms with van der Waals surface area (Å²) in [7, 11) is 0. The van der Waals surface area contributed by atoms with Crippen molar-refractivity contribution < 1.29 is 0 Å². The van der Waals surface area contributed by atoms with Gasteiger partial charge in [0.15, 0.2) is 0 Å². The molecule has 0 saturated carbocycles. The predicted molar refractivity (Wildman–Crippen MR) is 206 cm³/mol. The molecule has 2 unspecified atom stereocenters. The molecule has 10 rings (SSSR count). The van der Waals surface area contributed by atoms with Gasteiger partial charge in [-0.1, -0.05) is 127 Å². The standard InChI is InChI=1S/C46H34N4/c1-4-15-31(16-5-1)33-29-39(32-17-6-2-7-18-32)47-40(30-33)38-23-14-26-44(48-38)50-41-24-12-10-21-35(41)36-27-28-43-45(46(36)50)37-22-11-13-25-42(37)49(43)34-19-8-3-9-20-34/h1-12,14-24,26-30,35,41H,13,25H2. The maximum Gasteiger partial charge on any atom is 0.134 e. The van der Waals surface area contributed by atoms with E-state index in [9.17, 15) is 0 Å². The minimum absolute atomic E-state index is 0.120. The van der Waals surface area contributed by atoms with Gasteiger partial charge in [0.2, 0.25) is 0 Å². The first-order valence-corrected chi connectivity index (χ1v) is 17.5. The maximum absolute atomic E-state index is 5.45. The quantitative estimate of drug-likeness (QED) is 0.187. The highest BCUT2D eigenvalue weighted by atomic mass is 15.2. The second-order valence-corrected chi connectivity index (χ2v) is 13.3. The number of fused-ring (bicyclic) bond motifs is 7. The molecule has 0 saturated heterocycles. The van der Waals surface area contributed by atoms with E-state index < -0.39 is 0 Å². The van der Waals surface area contributed by atoms with Crippen LogP contribution in [0.3, 0.4) is 0 Å². The summed E-state index contributed by atoms with van der Waals surface area (Å²) in [6, 6.07) is 47.3. The van der Waals surface area contributed by atoms with E-state index in [0.29, 0.717) is 0 Å². The Hall–Kier alpha value is -6.26. The molecule has 2 atom stereocenters. The third kappa shape index (κ3) is 4.60. The van der Waals surface area contributed by atoms with Gasteiger partial charge in [-0.15, -0.1) is 0 Å². The molecule has 2 aliphatic carbocycles. The first-order chi connectivity index (χ1) is 24.8. The van der Waals surface area contributed by atoms with Crippen molar-refractivity contribution >= 4 is 28.5 Å². The van der Waals surface area contributed by atoms with Gasteiger partial charge in [0, 0.05) is 33.8 Å². The van der Waals surface area contributed by atoms with Crippen molar-refractivity contribution in [3.63, 3.8) is 0 Å². The Morgan fingerprint density at radius 1 is 0.600 bits per heavy atom. The lowest BCUT2D eigenvalue weighted by Crippen LogP contribution is -2.29. The van der Waals surface area contributed by atoms with Gasteiger partial charge in [-0.25, -0.2) is 9.97 Å². The number of nitrogens with zero attached hydrogens (tertiary/aromatic N) is 4. The number of para-hydroxylation sites is 1. The van der Waals surface area contributed by atoms with Gasteiger partial charge in [0.25, 0.3) is 0 Å². The number of rotatable bonds is 5. The van der Waals surface area contributed by atoms with E-state index in [0.717, 1.165) is 52.4 Å². The van der Waals surface area contributed by atoms with Crippen LogP contribution >= 0.6 is 0 Å². The Morgan fingerprint density at radius 3 is 2.16 bits per heavy atom. The van der Waals surface area contributed by atoms with Gasteiger partial charge in [-0.05, 0) is 72.0 Å². The number of anilines is 2. The molecule has 0 N–H and O–H groups in total. The molecule has 0 amide bonds. The van der Waals surface area contributed by atoms with E-state index in [4.69, 9.17) is 9.97 Å². The summed E-state index contributed by atoms with van der Waals surface area (Å²) in [4.78, 5) is 13.2. The van der Waals surface area contributed by atoms with Crippen LogP contribution in [-0.4, -0.2) is 20.6 Å². The monoisotopic (exact) mass is 642 g/mol. The lowest BCUT2D eigenvalue weighted by molar-refractivity contribution is 0.738. The van der Waals surface area contributed by atoms with Crippen LogP contribution in [-0.2, 0) is 6.42 Å². The lowest BCUT2D eigenvalue weighted by atomic mass is 9.90. The van der Waals surface area contributed by atoms with Gasteiger partial charge in [0.05, 0.1) is 34.3 Å². The average molecular weight is 643 g/mol. The number of aromatic nitrogens is 3. The molecule has 4 heterocycles. The van der Waals surface area contributed by atoms with Crippen molar-refractivity contribution in [3.05, 3.63) is 181 Å². The van der Waals surface area contributed by atoms with Crippen molar-refractivity contribution in [2.45, 2.75) is 24.8 Å². The van der Waals surface area contributed by atoms with Gasteiger partial charge in [-0.3, -0.25) is 0 Å². The molecule has 1 aliphatic heterocycles. The van der Waals surface area contributed by atoms with Crippen LogP contribution < -0.4 is 4.90 Å². The van der Waals surface area contributed by atoms with E-state index in [1.807, 2.05) is 6.07 Å². The largest absolute Gasteiger partial charge is 0.318 e. The predicted octanol–water partition coefficient (Wildman–Crippen LogP) is 11.1. The van der Waals surface area contributed by atoms with Crippen molar-refractivity contribution in [2.75, 3.05) is 4.90 Å². The number of hydrogen-bond acceptors (Lipinski definition) is 3. The molecule has 0 radical (unpaired) electrons. The SMILES string of the molecule is C1=CC2c3ccc4c(c5c(n4-c4ccccc4)CCC=C5)c3N(c3cccc(-c4cc(-c5ccccc5)cc(-c5ccccc5)n4)n3)C2C=C1. The number of allylic oxidation sites excluding steroid dienone is 3. The first kappa shape index (κ1) is 28.7. The zero-order valence-corrected chi connectivity index (χ0v) is 27.5. The van der Waals surface area contributed by atoms with Crippen molar-refractivity contribution in [3.8, 4) is 39.5 Å². The third-order valence-electron chi connectivity index (χ3n) is 10.4. The minimum Gasteiger partial charge on any atom is -0.318 e. The van der Waals surface area contributed by atoms with Crippen LogP contribution in [0.25, 0.3) is 56.4 Å². The molecule has 3 aromatic heterocycles. The lowest BCUT2D eigenvalue weighted by Gasteiger charge is -2.28. The molecule has 4 aromatic carbocycles. The van der Waals surface area contributed by atoms with Crippen LogP contribution in [0.5, 0.6) is 0 Å². The molecular weight excluding hydrogens is 609 g/mol. The van der Waals surface area contributed by atoms with E-state index >= 15 is 0 Å². The summed E-state index contributed by atoms with van der Waals surface area (Å²) >= 11 is 0. The summed E-state index contributed by atoms with van der Waals surface area (Å²) in [5.74, 6) is 1.16. The summed E-state index contributed by atoms with van der Waals surface area (Å²) in [6.45, 7) is 0. The molecule has 4 nitrogen and oxygen atoms in total. The fourth-order valence-corrected chi connectivity index (χ4v) is 8.17. The smallest absolute Gasteiger partial charge is 0.134 e. The van der Waals surface area contributed by atoms with Crippen LogP contribution in [0.2, 0.25) is 0 Å². The third-order valence-corrected chi connectivity index (χ3v) is 10.4. The normalized spacial score (nSPS) is 17.2. The maximum atomic E-state index is 5.45. The molecule has 238 valence electrons. The van der Waals surface area contributed by atoms with Crippen molar-refractivity contribution in [2.24, 2.45) is 0 Å². The summed E-state index contributed by atoms with van der Waals surface area (Å²) in [5.41, 5.74) is 13.8. The van der Waals surface area contributed by atoms with E-state index in [1.54, 1.807) is 0 Å². The molecule has 3 aliphatic rings. The zero-order valence-electron chi connectivity index (χ0n) is 27.5. The Morgan fingerprint density at radius 2 is 1.34 bits per heavy atom. The van der Waals surface area contributed by atoms with Gasteiger partial charge in [-0.2, -0.15) is 0 Å². The minimum atomic E-state index is 0.120. The molecule has 4 heteroatoms. The molecule has 50 heavy (non-hydrogen) atoms. The highest BCUT2D eigenvalue weighted by molar-refractivity contribution is 6.06. The second-order valence-electron chi connectivity index (χ2n) is 13.3. The van der Waals surface area contributed by atoms with E-state index in [1.165, 1.54) is 39.1 Å². The van der Waals surface area contributed by atoms with Crippen LogP contribution in [0.15, 0.2) is 164 Å². The van der Waals surface area contributed by atoms with Crippen LogP contribution in [0.4, 0.5) is 11.5 Å². The van der Waals surface area contributed by atoms with E-state index in [-0.39, 0.29) is 12.0 Å². The fraction of sp³-hybridized carbons (Fsp3) is 0.0870. The Balaban J connectivity index is 1.18. The number of pyridine rings is 2.